The number of carbonyl (C=O) groups is 5. The molecule has 158 valence electrons. The van der Waals surface area contributed by atoms with Crippen molar-refractivity contribution in [2.75, 3.05) is 13.2 Å². The topological polar surface area (TPSA) is 152 Å². The van der Waals surface area contributed by atoms with Crippen molar-refractivity contribution in [2.45, 2.75) is 64.6 Å². The van der Waals surface area contributed by atoms with Gasteiger partial charge in [0.05, 0.1) is 0 Å². The van der Waals surface area contributed by atoms with Gasteiger partial charge in [0.1, 0.15) is 25.4 Å². The number of hydrogen-bond donors (Lipinski definition) is 1. The van der Waals surface area contributed by atoms with Gasteiger partial charge in [-0.05, 0) is 0 Å². The second kappa shape index (κ2) is 10.7. The quantitative estimate of drug-likeness (QED) is 0.394. The standard InChI is InChI=1S/C17H24O11/c1-8(19)24-7-14-16(26-10(3)21)17(27-11(4)22)15(25-9(2)20)13(28-14)5-12(23)6-18/h13-18H,5-7H2,1-4H3/t13-,14-,15+,16-,17-/m1/s1. The fraction of sp³-hybridized carbons (Fsp3) is 0.706. The van der Waals surface area contributed by atoms with Crippen LogP contribution in [-0.2, 0) is 47.7 Å². The van der Waals surface area contributed by atoms with Gasteiger partial charge >= 0.3 is 23.9 Å². The summed E-state index contributed by atoms with van der Waals surface area (Å²) in [5.74, 6) is -3.53. The molecule has 11 nitrogen and oxygen atoms in total. The van der Waals surface area contributed by atoms with Crippen molar-refractivity contribution in [2.24, 2.45) is 0 Å². The van der Waals surface area contributed by atoms with E-state index < -0.39 is 66.8 Å². The molecule has 0 aromatic rings. The number of Topliss-reactive ketones (excluding diaryl/α,β-unsaturated/α-hetero) is 1. The Morgan fingerprint density at radius 1 is 0.750 bits per heavy atom. The first-order chi connectivity index (χ1) is 13.0. The lowest BCUT2D eigenvalue weighted by Crippen LogP contribution is -2.62. The first-order valence-electron chi connectivity index (χ1n) is 8.48. The fourth-order valence-corrected chi connectivity index (χ4v) is 2.77. The molecule has 1 aliphatic rings. The minimum Gasteiger partial charge on any atom is -0.463 e. The molecule has 0 bridgehead atoms. The summed E-state index contributed by atoms with van der Waals surface area (Å²) in [6, 6.07) is 0. The Bertz CT molecular complexity index is 614. The molecule has 1 saturated heterocycles. The molecule has 0 aromatic carbocycles. The molecule has 0 saturated carbocycles. The minimum absolute atomic E-state index is 0.373. The van der Waals surface area contributed by atoms with E-state index in [2.05, 4.69) is 0 Å². The first kappa shape index (κ1) is 23.5. The predicted molar refractivity (Wildman–Crippen MR) is 88.7 cm³/mol. The molecular weight excluding hydrogens is 380 g/mol. The summed E-state index contributed by atoms with van der Waals surface area (Å²) in [5, 5.41) is 9.02. The zero-order valence-corrected chi connectivity index (χ0v) is 16.0. The van der Waals surface area contributed by atoms with Crippen LogP contribution in [0.1, 0.15) is 34.1 Å². The van der Waals surface area contributed by atoms with Crippen molar-refractivity contribution in [1.29, 1.82) is 0 Å². The molecule has 0 unspecified atom stereocenters. The van der Waals surface area contributed by atoms with Gasteiger partial charge in [-0.25, -0.2) is 0 Å². The van der Waals surface area contributed by atoms with E-state index in [0.717, 1.165) is 27.7 Å². The van der Waals surface area contributed by atoms with Crippen molar-refractivity contribution in [1.82, 2.24) is 0 Å². The first-order valence-corrected chi connectivity index (χ1v) is 8.48. The number of aliphatic hydroxyl groups is 1. The van der Waals surface area contributed by atoms with E-state index in [-0.39, 0.29) is 13.0 Å². The largest absolute Gasteiger partial charge is 0.463 e. The summed E-state index contributed by atoms with van der Waals surface area (Å²) in [5.41, 5.74) is 0. The third kappa shape index (κ3) is 7.24. The van der Waals surface area contributed by atoms with E-state index in [1.54, 1.807) is 0 Å². The maximum atomic E-state index is 11.7. The molecule has 11 heteroatoms. The van der Waals surface area contributed by atoms with Crippen LogP contribution in [0.25, 0.3) is 0 Å². The maximum absolute atomic E-state index is 11.7. The molecule has 0 amide bonds. The van der Waals surface area contributed by atoms with Crippen LogP contribution < -0.4 is 0 Å². The van der Waals surface area contributed by atoms with Gasteiger partial charge in [0, 0.05) is 34.1 Å². The third-order valence-corrected chi connectivity index (χ3v) is 3.69. The predicted octanol–water partition coefficient (Wildman–Crippen LogP) is -0.936. The second-order valence-corrected chi connectivity index (χ2v) is 6.14. The van der Waals surface area contributed by atoms with Gasteiger partial charge in [0.2, 0.25) is 0 Å². The van der Waals surface area contributed by atoms with Crippen LogP contribution in [0.3, 0.4) is 0 Å². The smallest absolute Gasteiger partial charge is 0.303 e. The lowest BCUT2D eigenvalue weighted by atomic mass is 9.91. The molecule has 28 heavy (non-hydrogen) atoms. The molecule has 1 fully saturated rings. The number of esters is 4. The van der Waals surface area contributed by atoms with Gasteiger partial charge in [-0.2, -0.15) is 0 Å². The molecular formula is C17H24O11. The molecule has 0 aliphatic carbocycles. The summed E-state index contributed by atoms with van der Waals surface area (Å²) in [6.07, 6.45) is -6.52. The lowest BCUT2D eigenvalue weighted by Gasteiger charge is -2.44. The van der Waals surface area contributed by atoms with Crippen molar-refractivity contribution < 1.29 is 52.8 Å². The van der Waals surface area contributed by atoms with E-state index in [0.29, 0.717) is 0 Å². The maximum Gasteiger partial charge on any atom is 0.303 e. The Hall–Kier alpha value is -2.53. The number of hydrogen-bond acceptors (Lipinski definition) is 11. The second-order valence-electron chi connectivity index (χ2n) is 6.14. The Labute approximate surface area is 161 Å². The molecule has 5 atom stereocenters. The zero-order chi connectivity index (χ0) is 21.4. The zero-order valence-electron chi connectivity index (χ0n) is 16.0. The van der Waals surface area contributed by atoms with Crippen LogP contribution in [0.15, 0.2) is 0 Å². The van der Waals surface area contributed by atoms with Crippen molar-refractivity contribution >= 4 is 29.7 Å². The molecule has 1 heterocycles. The number of ketones is 1. The Kier molecular flexibility index (Phi) is 9.00. The van der Waals surface area contributed by atoms with Crippen molar-refractivity contribution in [3.63, 3.8) is 0 Å². The van der Waals surface area contributed by atoms with Crippen LogP contribution in [0.2, 0.25) is 0 Å². The number of rotatable bonds is 8. The average Bonchev–Trinajstić information content (AvgIpc) is 2.57. The van der Waals surface area contributed by atoms with Crippen LogP contribution >= 0.6 is 0 Å². The van der Waals surface area contributed by atoms with Gasteiger partial charge in [0.15, 0.2) is 24.1 Å². The third-order valence-electron chi connectivity index (χ3n) is 3.69. The van der Waals surface area contributed by atoms with Gasteiger partial charge in [0.25, 0.3) is 0 Å². The van der Waals surface area contributed by atoms with Crippen LogP contribution in [-0.4, -0.2) is 78.5 Å². The minimum atomic E-state index is -1.32. The van der Waals surface area contributed by atoms with Gasteiger partial charge in [-0.15, -0.1) is 0 Å². The Balaban J connectivity index is 3.30. The normalized spacial score (nSPS) is 26.7. The summed E-state index contributed by atoms with van der Waals surface area (Å²) in [7, 11) is 0. The van der Waals surface area contributed by atoms with Gasteiger partial charge in [-0.1, -0.05) is 0 Å². The summed E-state index contributed by atoms with van der Waals surface area (Å²) in [4.78, 5) is 57.6. The average molecular weight is 404 g/mol. The summed E-state index contributed by atoms with van der Waals surface area (Å²) < 4.78 is 26.2. The molecule has 1 N–H and O–H groups in total. The molecule has 0 radical (unpaired) electrons. The van der Waals surface area contributed by atoms with Crippen molar-refractivity contribution in [3.05, 3.63) is 0 Å². The highest BCUT2D eigenvalue weighted by molar-refractivity contribution is 5.80. The number of carbonyl (C=O) groups excluding carboxylic acids is 5. The summed E-state index contributed by atoms with van der Waals surface area (Å²) in [6.45, 7) is 3.30. The van der Waals surface area contributed by atoms with E-state index >= 15 is 0 Å². The van der Waals surface area contributed by atoms with Crippen LogP contribution in [0, 0.1) is 0 Å². The van der Waals surface area contributed by atoms with Crippen LogP contribution in [0.4, 0.5) is 0 Å². The molecule has 1 rings (SSSR count). The SMILES string of the molecule is CC(=O)OC[C@H]1O[C@H](CC(=O)CO)[C@H](OC(C)=O)[C@@H](OC(C)=O)[C@@H]1OC(C)=O. The Morgan fingerprint density at radius 3 is 1.64 bits per heavy atom. The highest BCUT2D eigenvalue weighted by atomic mass is 16.7. The fourth-order valence-electron chi connectivity index (χ4n) is 2.77. The van der Waals surface area contributed by atoms with E-state index in [9.17, 15) is 24.0 Å². The molecule has 0 aromatic heterocycles. The van der Waals surface area contributed by atoms with Gasteiger partial charge in [-0.3, -0.25) is 24.0 Å². The highest BCUT2D eigenvalue weighted by Gasteiger charge is 2.52. The van der Waals surface area contributed by atoms with E-state index in [4.69, 9.17) is 28.8 Å². The monoisotopic (exact) mass is 404 g/mol. The highest BCUT2D eigenvalue weighted by Crippen LogP contribution is 2.30. The number of aliphatic hydroxyl groups excluding tert-OH is 1. The summed E-state index contributed by atoms with van der Waals surface area (Å²) >= 11 is 0. The van der Waals surface area contributed by atoms with Crippen LogP contribution in [0.5, 0.6) is 0 Å². The Morgan fingerprint density at radius 2 is 1.21 bits per heavy atom. The molecule has 1 aliphatic heterocycles. The molecule has 0 spiro atoms. The van der Waals surface area contributed by atoms with Gasteiger partial charge < -0.3 is 28.8 Å². The van der Waals surface area contributed by atoms with E-state index in [1.807, 2.05) is 0 Å². The number of ether oxygens (including phenoxy) is 5. The van der Waals surface area contributed by atoms with E-state index in [1.165, 1.54) is 0 Å². The lowest BCUT2D eigenvalue weighted by molar-refractivity contribution is -0.252. The van der Waals surface area contributed by atoms with Crippen molar-refractivity contribution in [3.8, 4) is 0 Å².